The number of rotatable bonds is 17. The Kier molecular flexibility index (Phi) is 17.6. The predicted molar refractivity (Wildman–Crippen MR) is 262 cm³/mol. The largest absolute Gasteiger partial charge is 0.239 e. The fourth-order valence-electron chi connectivity index (χ4n) is 6.51. The zero-order valence-corrected chi connectivity index (χ0v) is 40.2. The van der Waals surface area contributed by atoms with E-state index in [2.05, 4.69) is 86.2 Å². The Morgan fingerprint density at radius 1 is 0.621 bits per heavy atom. The van der Waals surface area contributed by atoms with E-state index in [1.54, 1.807) is 58.3 Å². The molecule has 58 heavy (non-hydrogen) atoms. The van der Waals surface area contributed by atoms with Crippen molar-refractivity contribution < 1.29 is 8.78 Å². The molecule has 0 spiro atoms. The first kappa shape index (κ1) is 46.6. The van der Waals surface area contributed by atoms with Crippen molar-refractivity contribution in [2.24, 2.45) is 33.7 Å². The topological polar surface area (TPSA) is 24.7 Å². The first-order valence-electron chi connectivity index (χ1n) is 21.2. The van der Waals surface area contributed by atoms with Gasteiger partial charge in [-0.1, -0.05) is 99.9 Å². The summed E-state index contributed by atoms with van der Waals surface area (Å²) in [5.41, 5.74) is 7.27. The lowest BCUT2D eigenvalue weighted by Gasteiger charge is -2.15. The Hall–Kier alpha value is -2.43. The van der Waals surface area contributed by atoms with E-state index in [4.69, 9.17) is 9.98 Å². The zero-order chi connectivity index (χ0) is 42.1. The van der Waals surface area contributed by atoms with Crippen LogP contribution in [0.3, 0.4) is 0 Å². The lowest BCUT2D eigenvalue weighted by molar-refractivity contribution is 0.392. The number of hydrogen-bond acceptors (Lipinski definition) is 7. The number of aryl methyl sites for hydroxylation is 2. The van der Waals surface area contributed by atoms with Crippen molar-refractivity contribution in [1.29, 1.82) is 0 Å². The number of unbranched alkanes of at least 4 members (excludes halogenated alkanes) is 1. The number of thioether (sulfide) groups is 2. The fourth-order valence-corrected chi connectivity index (χ4v) is 11.1. The van der Waals surface area contributed by atoms with Gasteiger partial charge in [-0.05, 0) is 114 Å². The molecule has 0 fully saturated rings. The second kappa shape index (κ2) is 21.9. The molecule has 2 aliphatic heterocycles. The molecule has 2 aliphatic rings. The molecular formula is C49H62F2N2S5. The summed E-state index contributed by atoms with van der Waals surface area (Å²) < 4.78 is 31.3. The average molecular weight is 877 g/mol. The summed E-state index contributed by atoms with van der Waals surface area (Å²) in [6.07, 6.45) is 5.83. The SMILES string of the molecule is CC.CCCCSC1=NC(c2ccc(-c3ccc(CCC(C)S)cc3F)s2)=C2C(SCC(C)C(C)C)=NC(c3ccc(-c4ccc(CCC(C)C(C)C)cc4F)s3)=C12. The van der Waals surface area contributed by atoms with E-state index in [-0.39, 0.29) is 16.9 Å². The minimum atomic E-state index is -0.198. The Balaban J connectivity index is 0.00000315. The van der Waals surface area contributed by atoms with Gasteiger partial charge in [0.2, 0.25) is 0 Å². The summed E-state index contributed by atoms with van der Waals surface area (Å²) in [5, 5.41) is 2.24. The fraction of sp³-hybridized carbons (Fsp3) is 0.469. The lowest BCUT2D eigenvalue weighted by Crippen LogP contribution is -2.09. The molecule has 0 bridgehead atoms. The van der Waals surface area contributed by atoms with Gasteiger partial charge >= 0.3 is 0 Å². The average Bonchev–Trinajstić information content (AvgIpc) is 4.02. The van der Waals surface area contributed by atoms with Crippen molar-refractivity contribution in [2.45, 2.75) is 113 Å². The molecule has 0 saturated carbocycles. The van der Waals surface area contributed by atoms with E-state index in [1.807, 2.05) is 44.2 Å². The maximum atomic E-state index is 15.7. The number of aliphatic imine (C=N–C) groups is 2. The second-order valence-electron chi connectivity index (χ2n) is 16.1. The molecule has 0 radical (unpaired) electrons. The van der Waals surface area contributed by atoms with E-state index >= 15 is 8.78 Å². The smallest absolute Gasteiger partial charge is 0.132 e. The third kappa shape index (κ3) is 11.5. The number of fused-ring (bicyclic) bond motifs is 1. The maximum Gasteiger partial charge on any atom is 0.132 e. The summed E-state index contributed by atoms with van der Waals surface area (Å²) >= 11 is 11.3. The number of thiol groups is 1. The second-order valence-corrected chi connectivity index (χ2v) is 21.3. The van der Waals surface area contributed by atoms with Crippen molar-refractivity contribution in [3.63, 3.8) is 0 Å². The molecule has 9 heteroatoms. The summed E-state index contributed by atoms with van der Waals surface area (Å²) in [6.45, 7) is 21.9. The van der Waals surface area contributed by atoms with Gasteiger partial charge < -0.3 is 0 Å². The van der Waals surface area contributed by atoms with E-state index in [0.29, 0.717) is 34.8 Å². The van der Waals surface area contributed by atoms with Gasteiger partial charge in [0, 0.05) is 37.8 Å². The Bertz CT molecular complexity index is 2130. The molecule has 0 saturated heterocycles. The van der Waals surface area contributed by atoms with Crippen molar-refractivity contribution in [1.82, 2.24) is 0 Å². The molecule has 4 heterocycles. The monoisotopic (exact) mass is 876 g/mol. The number of nitrogens with zero attached hydrogens (tertiary/aromatic N) is 2. The van der Waals surface area contributed by atoms with Gasteiger partial charge in [0.05, 0.1) is 21.1 Å². The standard InChI is InChI=1S/C47H56F2N2S5.C2H6/c1-9-10-23-53-46-42-43(45(50-46)41-22-20-39(56-41)35-18-16-33(25-37(35)49)14-12-31(8)52)47(54-26-30(7)28(4)5)51-44(42)40-21-19-38(55-40)34-17-15-32(24-36(34)48)13-11-29(6)27(2)3;1-2/h15-22,24-25,27-31,52H,9-14,23,26H2,1-8H3;1-2H3. The van der Waals surface area contributed by atoms with E-state index < -0.39 is 0 Å². The van der Waals surface area contributed by atoms with Gasteiger partial charge in [0.25, 0.3) is 0 Å². The molecule has 3 atom stereocenters. The highest BCUT2D eigenvalue weighted by atomic mass is 32.2. The van der Waals surface area contributed by atoms with Crippen LogP contribution in [0.4, 0.5) is 8.78 Å². The van der Waals surface area contributed by atoms with Crippen LogP contribution in [0.5, 0.6) is 0 Å². The van der Waals surface area contributed by atoms with Gasteiger partial charge in [-0.3, -0.25) is 0 Å². The number of hydrogen-bond donors (Lipinski definition) is 1. The van der Waals surface area contributed by atoms with Crippen molar-refractivity contribution >= 4 is 80.3 Å². The van der Waals surface area contributed by atoms with E-state index in [0.717, 1.165) is 113 Å². The Labute approximate surface area is 370 Å². The quantitative estimate of drug-likeness (QED) is 0.0844. The Morgan fingerprint density at radius 3 is 1.53 bits per heavy atom. The summed E-state index contributed by atoms with van der Waals surface area (Å²) in [6, 6.07) is 19.6. The number of benzene rings is 2. The van der Waals surface area contributed by atoms with Crippen molar-refractivity contribution in [3.05, 3.63) is 104 Å². The minimum Gasteiger partial charge on any atom is -0.239 e. The van der Waals surface area contributed by atoms with Gasteiger partial charge in [-0.15, -0.1) is 46.2 Å². The van der Waals surface area contributed by atoms with Gasteiger partial charge in [0.1, 0.15) is 21.7 Å². The lowest BCUT2D eigenvalue weighted by atomic mass is 9.91. The predicted octanol–water partition coefficient (Wildman–Crippen LogP) is 16.4. The van der Waals surface area contributed by atoms with Crippen LogP contribution in [0.2, 0.25) is 0 Å². The molecule has 6 rings (SSSR count). The summed E-state index contributed by atoms with van der Waals surface area (Å²) in [4.78, 5) is 14.6. The van der Waals surface area contributed by atoms with Crippen LogP contribution >= 0.6 is 58.8 Å². The van der Waals surface area contributed by atoms with Gasteiger partial charge in [0.15, 0.2) is 0 Å². The molecule has 4 aromatic rings. The van der Waals surface area contributed by atoms with Crippen LogP contribution in [0.25, 0.3) is 32.3 Å². The molecule has 2 aromatic carbocycles. The molecule has 312 valence electrons. The third-order valence-electron chi connectivity index (χ3n) is 11.1. The van der Waals surface area contributed by atoms with Crippen LogP contribution < -0.4 is 0 Å². The molecule has 0 aliphatic carbocycles. The van der Waals surface area contributed by atoms with Crippen LogP contribution in [-0.4, -0.2) is 26.8 Å². The summed E-state index contributed by atoms with van der Waals surface area (Å²) in [5.74, 6) is 3.79. The number of thiophene rings is 2. The van der Waals surface area contributed by atoms with Crippen LogP contribution in [0.15, 0.2) is 81.8 Å². The minimum absolute atomic E-state index is 0.174. The molecule has 2 nitrogen and oxygen atoms in total. The highest BCUT2D eigenvalue weighted by Gasteiger charge is 2.37. The first-order valence-corrected chi connectivity index (χ1v) is 25.3. The highest BCUT2D eigenvalue weighted by Crippen LogP contribution is 2.50. The normalized spacial score (nSPS) is 15.5. The van der Waals surface area contributed by atoms with Crippen molar-refractivity contribution in [3.8, 4) is 20.9 Å². The van der Waals surface area contributed by atoms with Gasteiger partial charge in [-0.2, -0.15) is 12.6 Å². The molecule has 2 aromatic heterocycles. The maximum absolute atomic E-state index is 15.7. The zero-order valence-electron chi connectivity index (χ0n) is 36.0. The van der Waals surface area contributed by atoms with Gasteiger partial charge in [-0.25, -0.2) is 18.8 Å². The molecular weight excluding hydrogens is 815 g/mol. The van der Waals surface area contributed by atoms with Crippen LogP contribution in [0, 0.1) is 35.3 Å². The first-order chi connectivity index (χ1) is 27.8. The summed E-state index contributed by atoms with van der Waals surface area (Å²) in [7, 11) is 0. The molecule has 3 unspecified atom stereocenters. The number of halogens is 2. The highest BCUT2D eigenvalue weighted by molar-refractivity contribution is 8.15. The molecule has 0 amide bonds. The van der Waals surface area contributed by atoms with E-state index in [9.17, 15) is 0 Å². The Morgan fingerprint density at radius 2 is 1.09 bits per heavy atom. The van der Waals surface area contributed by atoms with Crippen LogP contribution in [-0.2, 0) is 12.8 Å². The van der Waals surface area contributed by atoms with Crippen LogP contribution in [0.1, 0.15) is 116 Å². The third-order valence-corrected chi connectivity index (χ3v) is 15.9. The van der Waals surface area contributed by atoms with E-state index in [1.165, 1.54) is 0 Å². The molecule has 0 N–H and O–H groups in total. The van der Waals surface area contributed by atoms with Crippen molar-refractivity contribution in [2.75, 3.05) is 11.5 Å².